The van der Waals surface area contributed by atoms with E-state index in [1.165, 1.54) is 23.1 Å². The molecule has 5 rings (SSSR count). The maximum atomic E-state index is 13.5. The summed E-state index contributed by atoms with van der Waals surface area (Å²) in [6, 6.07) is 11.0. The van der Waals surface area contributed by atoms with Crippen LogP contribution in [0.2, 0.25) is 0 Å². The van der Waals surface area contributed by atoms with Crippen molar-refractivity contribution in [1.82, 2.24) is 0 Å². The summed E-state index contributed by atoms with van der Waals surface area (Å²) >= 11 is 2.77. The van der Waals surface area contributed by atoms with Crippen LogP contribution in [0, 0.1) is 34.0 Å². The van der Waals surface area contributed by atoms with Crippen molar-refractivity contribution in [1.29, 1.82) is 0 Å². The van der Waals surface area contributed by atoms with Crippen LogP contribution in [0.5, 0.6) is 0 Å². The lowest BCUT2D eigenvalue weighted by Crippen LogP contribution is -2.63. The Morgan fingerprint density at radius 1 is 1.20 bits per heavy atom. The van der Waals surface area contributed by atoms with E-state index in [4.69, 9.17) is 4.74 Å². The predicted octanol–water partition coefficient (Wildman–Crippen LogP) is 7.00. The lowest BCUT2D eigenvalue weighted by Gasteiger charge is -2.61. The van der Waals surface area contributed by atoms with Crippen LogP contribution in [0.3, 0.4) is 0 Å². The number of aliphatic hydroxyl groups excluding tert-OH is 1. The highest BCUT2D eigenvalue weighted by molar-refractivity contribution is 8.00. The molecule has 220 valence electrons. The minimum atomic E-state index is -0.680. The number of thioether (sulfide) groups is 1. The largest absolute Gasteiger partial charge is 0.461 e. The number of ether oxygens (including phenoxy) is 1. The summed E-state index contributed by atoms with van der Waals surface area (Å²) in [5, 5.41) is 16.4. The average molecular weight is 596 g/mol. The molecule has 3 aliphatic carbocycles. The number of esters is 1. The van der Waals surface area contributed by atoms with Crippen LogP contribution in [0.1, 0.15) is 69.5 Å². The minimum Gasteiger partial charge on any atom is -0.461 e. The third kappa shape index (κ3) is 5.21. The van der Waals surface area contributed by atoms with Crippen LogP contribution in [0.4, 0.5) is 5.69 Å². The smallest absolute Gasteiger partial charge is 0.316 e. The Kier molecular flexibility index (Phi) is 8.31. The standard InChI is InChI=1S/C33H41NO5S2/c1-6-31(4)18-26(32(5)20(2)13-15-33(21(3)29(31)37)16-14-24(35)28(32)33)39-27(36)19-41-23-11-9-22(10-12-23)34-30(38)25-8-7-17-40-25/h6-12,17,20-21,26,28-29,37H,1,13-16,18-19H2,2-5H3,(H,34,38)/t20-,21+,26-,28+,29+,31-,32+,33+/m1/s1. The van der Waals surface area contributed by atoms with Gasteiger partial charge in [0, 0.05) is 33.8 Å². The number of nitrogens with one attached hydrogen (secondary N) is 1. The van der Waals surface area contributed by atoms with Gasteiger partial charge in [-0.3, -0.25) is 14.4 Å². The van der Waals surface area contributed by atoms with E-state index in [0.29, 0.717) is 23.4 Å². The van der Waals surface area contributed by atoms with E-state index in [2.05, 4.69) is 32.7 Å². The molecule has 1 heterocycles. The van der Waals surface area contributed by atoms with Crippen molar-refractivity contribution >= 4 is 46.4 Å². The van der Waals surface area contributed by atoms with Crippen LogP contribution in [-0.2, 0) is 14.3 Å². The van der Waals surface area contributed by atoms with Gasteiger partial charge >= 0.3 is 5.97 Å². The first kappa shape index (κ1) is 30.1. The van der Waals surface area contributed by atoms with Gasteiger partial charge in [-0.25, -0.2) is 0 Å². The molecule has 2 bridgehead atoms. The van der Waals surface area contributed by atoms with Gasteiger partial charge in [-0.15, -0.1) is 29.7 Å². The van der Waals surface area contributed by atoms with Crippen LogP contribution < -0.4 is 5.32 Å². The number of benzene rings is 1. The normalized spacial score (nSPS) is 36.5. The van der Waals surface area contributed by atoms with Gasteiger partial charge in [0.05, 0.1) is 16.7 Å². The molecule has 1 amide bonds. The van der Waals surface area contributed by atoms with E-state index in [9.17, 15) is 19.5 Å². The SMILES string of the molecule is C=C[C@]1(C)C[C@@H](OC(=O)CSc2ccc(NC(=O)c3cccs3)cc2)[C@]2(C)[C@H](C)CC[C@]3(CCC(=O)[C@H]32)[C@@H](C)[C@@H]1O. The third-order valence-electron chi connectivity index (χ3n) is 10.8. The fourth-order valence-electron chi connectivity index (χ4n) is 8.07. The third-order valence-corrected chi connectivity index (χ3v) is 12.6. The molecule has 0 radical (unpaired) electrons. The molecule has 3 saturated carbocycles. The molecule has 1 aromatic carbocycles. The fourth-order valence-corrected chi connectivity index (χ4v) is 9.37. The second kappa shape index (κ2) is 11.3. The lowest BCUT2D eigenvalue weighted by atomic mass is 9.44. The van der Waals surface area contributed by atoms with Crippen molar-refractivity contribution in [3.05, 3.63) is 59.3 Å². The van der Waals surface area contributed by atoms with Crippen molar-refractivity contribution in [2.45, 2.75) is 76.9 Å². The Balaban J connectivity index is 1.32. The monoisotopic (exact) mass is 595 g/mol. The van der Waals surface area contributed by atoms with E-state index in [1.807, 2.05) is 48.7 Å². The maximum absolute atomic E-state index is 13.5. The molecule has 3 aliphatic rings. The van der Waals surface area contributed by atoms with Crippen LogP contribution in [0.25, 0.3) is 0 Å². The fraction of sp³-hybridized carbons (Fsp3) is 0.545. The van der Waals surface area contributed by atoms with Crippen molar-refractivity contribution in [3.63, 3.8) is 0 Å². The molecule has 2 N–H and O–H groups in total. The molecule has 2 aromatic rings. The Morgan fingerprint density at radius 2 is 1.93 bits per heavy atom. The summed E-state index contributed by atoms with van der Waals surface area (Å²) in [5.41, 5.74) is -0.774. The molecule has 8 heteroatoms. The molecular formula is C33H41NO5S2. The number of thiophene rings is 1. The van der Waals surface area contributed by atoms with E-state index in [-0.39, 0.29) is 46.6 Å². The van der Waals surface area contributed by atoms with Crippen molar-refractivity contribution in [2.75, 3.05) is 11.1 Å². The molecular weight excluding hydrogens is 554 g/mol. The molecule has 0 unspecified atom stereocenters. The number of Topliss-reactive ketones (excluding diaryl/α,β-unsaturated/α-hetero) is 1. The molecule has 0 saturated heterocycles. The van der Waals surface area contributed by atoms with E-state index in [1.54, 1.807) is 6.07 Å². The van der Waals surface area contributed by atoms with E-state index in [0.717, 1.165) is 24.2 Å². The summed E-state index contributed by atoms with van der Waals surface area (Å²) < 4.78 is 6.33. The average Bonchev–Trinajstić information content (AvgIpc) is 3.62. The van der Waals surface area contributed by atoms with Gasteiger partial charge in [-0.2, -0.15) is 0 Å². The first-order valence-corrected chi connectivity index (χ1v) is 16.4. The van der Waals surface area contributed by atoms with Gasteiger partial charge in [-0.05, 0) is 78.6 Å². The summed E-state index contributed by atoms with van der Waals surface area (Å²) in [7, 11) is 0. The summed E-state index contributed by atoms with van der Waals surface area (Å²) in [4.78, 5) is 40.8. The van der Waals surface area contributed by atoms with Crippen LogP contribution in [0.15, 0.2) is 59.3 Å². The van der Waals surface area contributed by atoms with Gasteiger partial charge in [0.2, 0.25) is 0 Å². The highest BCUT2D eigenvalue weighted by Gasteiger charge is 2.68. The molecule has 8 atom stereocenters. The van der Waals surface area contributed by atoms with Crippen LogP contribution in [-0.4, -0.2) is 40.7 Å². The van der Waals surface area contributed by atoms with Gasteiger partial charge < -0.3 is 15.2 Å². The predicted molar refractivity (Wildman–Crippen MR) is 164 cm³/mol. The van der Waals surface area contributed by atoms with E-state index >= 15 is 0 Å². The van der Waals surface area contributed by atoms with Crippen molar-refractivity contribution in [3.8, 4) is 0 Å². The minimum absolute atomic E-state index is 0.0564. The van der Waals surface area contributed by atoms with Gasteiger partial charge in [-0.1, -0.05) is 39.8 Å². The maximum Gasteiger partial charge on any atom is 0.316 e. The molecule has 0 spiro atoms. The quantitative estimate of drug-likeness (QED) is 0.203. The lowest BCUT2D eigenvalue weighted by molar-refractivity contribution is -0.205. The summed E-state index contributed by atoms with van der Waals surface area (Å²) in [6.45, 7) is 12.5. The first-order valence-electron chi connectivity index (χ1n) is 14.6. The zero-order chi connectivity index (χ0) is 29.6. The Morgan fingerprint density at radius 3 is 2.59 bits per heavy atom. The number of amides is 1. The summed E-state index contributed by atoms with van der Waals surface area (Å²) in [6.07, 6.45) is 4.21. The van der Waals surface area contributed by atoms with E-state index < -0.39 is 23.0 Å². The molecule has 41 heavy (non-hydrogen) atoms. The number of rotatable bonds is 7. The molecule has 3 fully saturated rings. The van der Waals surface area contributed by atoms with Gasteiger partial charge in [0.1, 0.15) is 11.9 Å². The van der Waals surface area contributed by atoms with Crippen LogP contribution >= 0.6 is 23.1 Å². The number of carbonyl (C=O) groups excluding carboxylic acids is 3. The van der Waals surface area contributed by atoms with Gasteiger partial charge in [0.25, 0.3) is 5.91 Å². The molecule has 0 aliphatic heterocycles. The second-order valence-corrected chi connectivity index (χ2v) is 14.8. The topological polar surface area (TPSA) is 92.7 Å². The number of ketones is 1. The van der Waals surface area contributed by atoms with Gasteiger partial charge in [0.15, 0.2) is 0 Å². The number of aliphatic hydroxyl groups is 1. The first-order chi connectivity index (χ1) is 19.4. The Labute approximate surface area is 251 Å². The van der Waals surface area contributed by atoms with Crippen molar-refractivity contribution in [2.24, 2.45) is 34.0 Å². The molecule has 6 nitrogen and oxygen atoms in total. The second-order valence-electron chi connectivity index (χ2n) is 12.8. The number of anilines is 1. The van der Waals surface area contributed by atoms with Crippen molar-refractivity contribution < 1.29 is 24.2 Å². The highest BCUT2D eigenvalue weighted by atomic mass is 32.2. The Bertz CT molecular complexity index is 1310. The zero-order valence-electron chi connectivity index (χ0n) is 24.4. The summed E-state index contributed by atoms with van der Waals surface area (Å²) in [5.74, 6) is -0.207. The number of hydrogen-bond donors (Lipinski definition) is 2. The number of hydrogen-bond acceptors (Lipinski definition) is 7. The highest BCUT2D eigenvalue weighted by Crippen LogP contribution is 2.68. The Hall–Kier alpha value is -2.42. The zero-order valence-corrected chi connectivity index (χ0v) is 26.0. The molecule has 1 aromatic heterocycles. The number of carbonyl (C=O) groups is 3.